The van der Waals surface area contributed by atoms with Crippen LogP contribution >= 0.6 is 0 Å². The minimum Gasteiger partial charge on any atom is -0.360 e. The van der Waals surface area contributed by atoms with Gasteiger partial charge in [-0.1, -0.05) is 112 Å². The molecule has 0 amide bonds. The first kappa shape index (κ1) is 31.2. The smallest absolute Gasteiger partial charge is 0.0242 e. The molecule has 0 saturated heterocycles. The van der Waals surface area contributed by atoms with Crippen LogP contribution in [0.2, 0.25) is 0 Å². The molecule has 1 aliphatic carbocycles. The van der Waals surface area contributed by atoms with Gasteiger partial charge in [0.2, 0.25) is 0 Å². The summed E-state index contributed by atoms with van der Waals surface area (Å²) in [6.07, 6.45) is 8.78. The van der Waals surface area contributed by atoms with Crippen LogP contribution in [0.1, 0.15) is 47.2 Å². The van der Waals surface area contributed by atoms with Gasteiger partial charge in [0.25, 0.3) is 0 Å². The van der Waals surface area contributed by atoms with Crippen LogP contribution in [-0.4, -0.2) is 15.0 Å². The Bertz CT molecular complexity index is 1940. The Balaban J connectivity index is 0.000000171. The molecular weight excluding hydrogens is 715 g/mol. The number of rotatable bonds is 3. The molecule has 0 saturated carbocycles. The standard InChI is InChI=1S/C20H17N2.C20H18N.Ir/c1-13-8-9-21-11-15(13)19-10-18-16(12-22-19)14-6-4-5-7-17(14)20(18,2)3;1-14-9-10-18(20-11-15(2)16(3)13-21-20)12-19(14)17-7-5-4-6-8-17;/h4-10,12H,1-3H3;4-9,11-13H,1-3H3;/q2*-1;. The molecule has 221 valence electrons. The minimum absolute atomic E-state index is 0. The molecule has 0 atom stereocenters. The van der Waals surface area contributed by atoms with Crippen molar-refractivity contribution in [3.63, 3.8) is 0 Å². The van der Waals surface area contributed by atoms with Crippen LogP contribution in [0.5, 0.6) is 0 Å². The summed E-state index contributed by atoms with van der Waals surface area (Å²) in [5.41, 5.74) is 16.5. The Morgan fingerprint density at radius 1 is 0.614 bits per heavy atom. The van der Waals surface area contributed by atoms with E-state index < -0.39 is 0 Å². The second kappa shape index (κ2) is 12.8. The number of hydrogen-bond acceptors (Lipinski definition) is 3. The van der Waals surface area contributed by atoms with Crippen LogP contribution in [0.3, 0.4) is 0 Å². The van der Waals surface area contributed by atoms with Crippen molar-refractivity contribution < 1.29 is 20.1 Å². The van der Waals surface area contributed by atoms with Gasteiger partial charge in [-0.3, -0.25) is 0 Å². The van der Waals surface area contributed by atoms with Gasteiger partial charge in [0.15, 0.2) is 0 Å². The first-order valence-corrected chi connectivity index (χ1v) is 14.7. The third-order valence-corrected chi connectivity index (χ3v) is 8.58. The summed E-state index contributed by atoms with van der Waals surface area (Å²) in [5.74, 6) is 0. The molecule has 0 aliphatic heterocycles. The Kier molecular flexibility index (Phi) is 9.06. The molecule has 6 aromatic rings. The summed E-state index contributed by atoms with van der Waals surface area (Å²) < 4.78 is 0. The van der Waals surface area contributed by atoms with E-state index in [1.165, 1.54) is 50.1 Å². The predicted molar refractivity (Wildman–Crippen MR) is 177 cm³/mol. The zero-order valence-corrected chi connectivity index (χ0v) is 28.4. The SMILES string of the molecule is Cc1ccn[c-]c1-c1cc2c(cn1)-c1ccccc1C2(C)C.Cc1cnc(-c2[c-]cc(C)c(-c3ccccc3)c2)cc1C.[Ir]. The van der Waals surface area contributed by atoms with E-state index in [0.29, 0.717) is 0 Å². The maximum atomic E-state index is 4.67. The molecule has 7 rings (SSSR count). The topological polar surface area (TPSA) is 38.7 Å². The monoisotopic (exact) mass is 750 g/mol. The van der Waals surface area contributed by atoms with Crippen LogP contribution in [0.25, 0.3) is 44.8 Å². The van der Waals surface area contributed by atoms with Gasteiger partial charge in [0, 0.05) is 43.5 Å². The quantitative estimate of drug-likeness (QED) is 0.169. The number of aromatic nitrogens is 3. The molecule has 3 aromatic carbocycles. The van der Waals surface area contributed by atoms with Crippen LogP contribution in [0.15, 0.2) is 104 Å². The third kappa shape index (κ3) is 5.93. The number of aryl methyl sites for hydroxylation is 4. The van der Waals surface area contributed by atoms with Crippen molar-refractivity contribution >= 4 is 0 Å². The van der Waals surface area contributed by atoms with E-state index in [0.717, 1.165) is 28.1 Å². The van der Waals surface area contributed by atoms with Crippen molar-refractivity contribution in [3.8, 4) is 44.8 Å². The van der Waals surface area contributed by atoms with Gasteiger partial charge in [-0.05, 0) is 59.2 Å². The van der Waals surface area contributed by atoms with E-state index in [9.17, 15) is 0 Å². The van der Waals surface area contributed by atoms with Gasteiger partial charge < -0.3 is 15.0 Å². The molecule has 0 N–H and O–H groups in total. The Morgan fingerprint density at radius 3 is 2.09 bits per heavy atom. The molecule has 1 radical (unpaired) electrons. The molecule has 0 fully saturated rings. The van der Waals surface area contributed by atoms with E-state index in [-0.39, 0.29) is 25.5 Å². The normalized spacial score (nSPS) is 12.3. The fraction of sp³-hybridized carbons (Fsp3) is 0.175. The van der Waals surface area contributed by atoms with E-state index in [4.69, 9.17) is 0 Å². The summed E-state index contributed by atoms with van der Waals surface area (Å²) >= 11 is 0. The number of hydrogen-bond donors (Lipinski definition) is 0. The zero-order chi connectivity index (χ0) is 30.1. The molecule has 0 unspecified atom stereocenters. The van der Waals surface area contributed by atoms with E-state index in [2.05, 4.69) is 142 Å². The molecule has 1 aliphatic rings. The molecule has 3 heterocycles. The summed E-state index contributed by atoms with van der Waals surface area (Å²) in [6.45, 7) is 13.0. The van der Waals surface area contributed by atoms with Crippen molar-refractivity contribution in [2.24, 2.45) is 0 Å². The summed E-state index contributed by atoms with van der Waals surface area (Å²) in [6, 6.07) is 33.0. The van der Waals surface area contributed by atoms with Gasteiger partial charge in [0.05, 0.1) is 0 Å². The summed E-state index contributed by atoms with van der Waals surface area (Å²) in [7, 11) is 0. The average Bonchev–Trinajstić information content (AvgIpc) is 3.26. The van der Waals surface area contributed by atoms with Gasteiger partial charge >= 0.3 is 0 Å². The molecule has 3 aromatic heterocycles. The summed E-state index contributed by atoms with van der Waals surface area (Å²) in [4.78, 5) is 13.3. The Hall–Kier alpha value is -4.24. The van der Waals surface area contributed by atoms with Gasteiger partial charge in [-0.15, -0.1) is 46.5 Å². The molecule has 0 bridgehead atoms. The second-order valence-corrected chi connectivity index (χ2v) is 11.9. The van der Waals surface area contributed by atoms with E-state index in [1.54, 1.807) is 6.20 Å². The van der Waals surface area contributed by atoms with Crippen molar-refractivity contribution in [1.82, 2.24) is 15.0 Å². The fourth-order valence-corrected chi connectivity index (χ4v) is 5.83. The number of pyridine rings is 3. The second-order valence-electron chi connectivity index (χ2n) is 11.9. The maximum Gasteiger partial charge on any atom is 0.0242 e. The largest absolute Gasteiger partial charge is 0.360 e. The van der Waals surface area contributed by atoms with E-state index in [1.807, 2.05) is 24.5 Å². The third-order valence-electron chi connectivity index (χ3n) is 8.58. The van der Waals surface area contributed by atoms with Crippen LogP contribution in [-0.2, 0) is 25.5 Å². The van der Waals surface area contributed by atoms with Crippen molar-refractivity contribution in [2.75, 3.05) is 0 Å². The Morgan fingerprint density at radius 2 is 1.34 bits per heavy atom. The maximum absolute atomic E-state index is 4.67. The fourth-order valence-electron chi connectivity index (χ4n) is 5.83. The van der Waals surface area contributed by atoms with Gasteiger partial charge in [-0.2, -0.15) is 0 Å². The van der Waals surface area contributed by atoms with Crippen molar-refractivity contribution in [2.45, 2.75) is 47.0 Å². The molecule has 4 heteroatoms. The number of benzene rings is 3. The molecule has 3 nitrogen and oxygen atoms in total. The van der Waals surface area contributed by atoms with Crippen LogP contribution in [0, 0.1) is 40.0 Å². The zero-order valence-electron chi connectivity index (χ0n) is 26.0. The number of nitrogens with zero attached hydrogens (tertiary/aromatic N) is 3. The first-order chi connectivity index (χ1) is 20.7. The van der Waals surface area contributed by atoms with Gasteiger partial charge in [0.1, 0.15) is 0 Å². The molecule has 0 spiro atoms. The van der Waals surface area contributed by atoms with Gasteiger partial charge in [-0.25, -0.2) is 0 Å². The minimum atomic E-state index is -0.000268. The predicted octanol–water partition coefficient (Wildman–Crippen LogP) is 9.70. The molecular formula is C40H35IrN3-2. The van der Waals surface area contributed by atoms with Crippen LogP contribution in [0.4, 0.5) is 0 Å². The van der Waals surface area contributed by atoms with Crippen molar-refractivity contribution in [3.05, 3.63) is 149 Å². The molecule has 44 heavy (non-hydrogen) atoms. The first-order valence-electron chi connectivity index (χ1n) is 14.7. The summed E-state index contributed by atoms with van der Waals surface area (Å²) in [5, 5.41) is 0. The Labute approximate surface area is 274 Å². The van der Waals surface area contributed by atoms with Crippen molar-refractivity contribution in [1.29, 1.82) is 0 Å². The van der Waals surface area contributed by atoms with Crippen LogP contribution < -0.4 is 0 Å². The number of fused-ring (bicyclic) bond motifs is 3. The van der Waals surface area contributed by atoms with E-state index >= 15 is 0 Å². The average molecular weight is 750 g/mol.